The summed E-state index contributed by atoms with van der Waals surface area (Å²) in [5.41, 5.74) is 5.45. The van der Waals surface area contributed by atoms with E-state index < -0.39 is 0 Å². The minimum absolute atomic E-state index is 0.346. The summed E-state index contributed by atoms with van der Waals surface area (Å²) in [5, 5.41) is 18.1. The first-order valence-electron chi connectivity index (χ1n) is 9.88. The Bertz CT molecular complexity index is 1360. The van der Waals surface area contributed by atoms with Crippen LogP contribution in [0.15, 0.2) is 55.1 Å². The highest BCUT2D eigenvalue weighted by molar-refractivity contribution is 7.15. The Morgan fingerprint density at radius 2 is 1.84 bits per heavy atom. The predicted molar refractivity (Wildman–Crippen MR) is 122 cm³/mol. The van der Waals surface area contributed by atoms with Gasteiger partial charge in [0.2, 0.25) is 5.13 Å². The second-order valence-corrected chi connectivity index (χ2v) is 8.49. The Kier molecular flexibility index (Phi) is 4.87. The summed E-state index contributed by atoms with van der Waals surface area (Å²) in [4.78, 5) is 13.5. The van der Waals surface area contributed by atoms with E-state index in [1.54, 1.807) is 12.4 Å². The van der Waals surface area contributed by atoms with E-state index in [-0.39, 0.29) is 0 Å². The molecule has 31 heavy (non-hydrogen) atoms. The molecule has 0 unspecified atom stereocenters. The normalized spacial score (nSPS) is 11.4. The van der Waals surface area contributed by atoms with Crippen LogP contribution >= 0.6 is 11.3 Å². The third kappa shape index (κ3) is 3.87. The highest BCUT2D eigenvalue weighted by Crippen LogP contribution is 2.32. The van der Waals surface area contributed by atoms with E-state index in [9.17, 15) is 0 Å². The van der Waals surface area contributed by atoms with Crippen molar-refractivity contribution in [3.8, 4) is 22.4 Å². The van der Waals surface area contributed by atoms with Crippen molar-refractivity contribution in [1.29, 1.82) is 0 Å². The molecule has 5 aromatic rings. The van der Waals surface area contributed by atoms with Gasteiger partial charge in [-0.3, -0.25) is 14.6 Å². The summed E-state index contributed by atoms with van der Waals surface area (Å²) in [6, 6.07) is 9.79. The molecule has 0 spiro atoms. The molecule has 8 nitrogen and oxygen atoms in total. The quantitative estimate of drug-likeness (QED) is 0.429. The molecule has 0 radical (unpaired) electrons. The molecule has 0 aromatic carbocycles. The SMILES string of the molecule is CC(C)c1nnc(Nc2ccc3ncc(-c4cn(C)nc4-c4ccncc4)cc3n2)s1. The topological polar surface area (TPSA) is 94.3 Å². The van der Waals surface area contributed by atoms with Crippen LogP contribution in [0.3, 0.4) is 0 Å². The summed E-state index contributed by atoms with van der Waals surface area (Å²) in [6.45, 7) is 4.20. The van der Waals surface area contributed by atoms with Gasteiger partial charge in [-0.15, -0.1) is 10.2 Å². The fourth-order valence-electron chi connectivity index (χ4n) is 3.27. The molecule has 0 aliphatic carbocycles. The van der Waals surface area contributed by atoms with Gasteiger partial charge in [0.25, 0.3) is 0 Å². The minimum Gasteiger partial charge on any atom is -0.315 e. The van der Waals surface area contributed by atoms with Crippen LogP contribution in [0.2, 0.25) is 0 Å². The maximum atomic E-state index is 4.75. The summed E-state index contributed by atoms with van der Waals surface area (Å²) in [6.07, 6.45) is 7.39. The Morgan fingerprint density at radius 1 is 1.00 bits per heavy atom. The van der Waals surface area contributed by atoms with Gasteiger partial charge in [0.1, 0.15) is 16.5 Å². The molecule has 154 valence electrons. The van der Waals surface area contributed by atoms with Crippen molar-refractivity contribution in [1.82, 2.24) is 34.9 Å². The van der Waals surface area contributed by atoms with Crippen molar-refractivity contribution in [2.45, 2.75) is 19.8 Å². The number of rotatable bonds is 5. The van der Waals surface area contributed by atoms with E-state index >= 15 is 0 Å². The molecule has 0 aliphatic heterocycles. The van der Waals surface area contributed by atoms with E-state index in [4.69, 9.17) is 4.98 Å². The third-order valence-corrected chi connectivity index (χ3v) is 5.94. The average Bonchev–Trinajstić information content (AvgIpc) is 3.41. The standard InChI is InChI=1S/C22H20N8S/c1-13(2)21-27-28-22(31-21)26-19-5-4-17-18(25-19)10-15(11-24-17)16-12-30(3)29-20(16)14-6-8-23-9-7-14/h4-13H,1-3H3,(H,25,26,28). The van der Waals surface area contributed by atoms with Gasteiger partial charge < -0.3 is 5.32 Å². The largest absolute Gasteiger partial charge is 0.315 e. The van der Waals surface area contributed by atoms with Gasteiger partial charge >= 0.3 is 0 Å². The number of hydrogen-bond donors (Lipinski definition) is 1. The van der Waals surface area contributed by atoms with Crippen molar-refractivity contribution in [2.75, 3.05) is 5.32 Å². The number of nitrogens with zero attached hydrogens (tertiary/aromatic N) is 7. The number of nitrogens with one attached hydrogen (secondary N) is 1. The monoisotopic (exact) mass is 428 g/mol. The summed E-state index contributed by atoms with van der Waals surface area (Å²) in [7, 11) is 1.91. The molecule has 0 amide bonds. The minimum atomic E-state index is 0.346. The smallest absolute Gasteiger partial charge is 0.211 e. The van der Waals surface area contributed by atoms with Crippen molar-refractivity contribution >= 4 is 33.3 Å². The van der Waals surface area contributed by atoms with Crippen LogP contribution < -0.4 is 5.32 Å². The summed E-state index contributed by atoms with van der Waals surface area (Å²) in [5.74, 6) is 1.05. The molecule has 0 atom stereocenters. The highest BCUT2D eigenvalue weighted by atomic mass is 32.1. The number of aryl methyl sites for hydroxylation is 1. The van der Waals surface area contributed by atoms with Crippen LogP contribution in [0.5, 0.6) is 0 Å². The van der Waals surface area contributed by atoms with Gasteiger partial charge in [0.05, 0.1) is 11.0 Å². The lowest BCUT2D eigenvalue weighted by Gasteiger charge is -2.06. The fourth-order valence-corrected chi connectivity index (χ4v) is 4.03. The molecular weight excluding hydrogens is 408 g/mol. The second-order valence-electron chi connectivity index (χ2n) is 7.48. The predicted octanol–water partition coefficient (Wildman–Crippen LogP) is 4.81. The molecular formula is C22H20N8S. The number of fused-ring (bicyclic) bond motifs is 1. The molecule has 5 heterocycles. The maximum Gasteiger partial charge on any atom is 0.211 e. The van der Waals surface area contributed by atoms with Crippen LogP contribution in [0.1, 0.15) is 24.8 Å². The van der Waals surface area contributed by atoms with Crippen LogP contribution in [-0.2, 0) is 7.05 Å². The number of anilines is 2. The number of hydrogen-bond acceptors (Lipinski definition) is 8. The Balaban J connectivity index is 1.52. The molecule has 9 heteroatoms. The molecule has 5 rings (SSSR count). The number of aromatic nitrogens is 7. The molecule has 0 saturated heterocycles. The Labute approximate surface area is 183 Å². The fraction of sp³-hybridized carbons (Fsp3) is 0.182. The maximum absolute atomic E-state index is 4.75. The van der Waals surface area contributed by atoms with E-state index in [1.807, 2.05) is 54.5 Å². The lowest BCUT2D eigenvalue weighted by atomic mass is 10.0. The highest BCUT2D eigenvalue weighted by Gasteiger charge is 2.14. The summed E-state index contributed by atoms with van der Waals surface area (Å²) < 4.78 is 1.81. The zero-order valence-electron chi connectivity index (χ0n) is 17.3. The summed E-state index contributed by atoms with van der Waals surface area (Å²) >= 11 is 1.54. The van der Waals surface area contributed by atoms with Gasteiger partial charge in [0.15, 0.2) is 0 Å². The second kappa shape index (κ2) is 7.84. The van der Waals surface area contributed by atoms with Crippen LogP contribution in [0.25, 0.3) is 33.4 Å². The lowest BCUT2D eigenvalue weighted by molar-refractivity contribution is 0.771. The Morgan fingerprint density at radius 3 is 2.61 bits per heavy atom. The zero-order valence-corrected chi connectivity index (χ0v) is 18.1. The molecule has 0 aliphatic rings. The van der Waals surface area contributed by atoms with E-state index in [0.717, 1.165) is 43.6 Å². The van der Waals surface area contributed by atoms with Crippen molar-refractivity contribution in [3.63, 3.8) is 0 Å². The van der Waals surface area contributed by atoms with E-state index in [2.05, 4.69) is 44.4 Å². The van der Waals surface area contributed by atoms with Crippen molar-refractivity contribution in [3.05, 3.63) is 60.1 Å². The van der Waals surface area contributed by atoms with Gasteiger partial charge in [-0.2, -0.15) is 5.10 Å². The van der Waals surface area contributed by atoms with Gasteiger partial charge in [-0.25, -0.2) is 4.98 Å². The van der Waals surface area contributed by atoms with Crippen LogP contribution in [0, 0.1) is 0 Å². The lowest BCUT2D eigenvalue weighted by Crippen LogP contribution is -1.94. The van der Waals surface area contributed by atoms with Gasteiger partial charge in [-0.05, 0) is 30.3 Å². The van der Waals surface area contributed by atoms with Crippen molar-refractivity contribution < 1.29 is 0 Å². The first-order valence-corrected chi connectivity index (χ1v) is 10.7. The van der Waals surface area contributed by atoms with Gasteiger partial charge in [0, 0.05) is 54.4 Å². The third-order valence-electron chi connectivity index (χ3n) is 4.80. The van der Waals surface area contributed by atoms with Crippen LogP contribution in [-0.4, -0.2) is 34.9 Å². The first kappa shape index (κ1) is 19.3. The van der Waals surface area contributed by atoms with Crippen LogP contribution in [0.4, 0.5) is 10.9 Å². The first-order chi connectivity index (χ1) is 15.1. The molecule has 0 fully saturated rings. The molecule has 0 saturated carbocycles. The number of pyridine rings is 3. The van der Waals surface area contributed by atoms with E-state index in [0.29, 0.717) is 11.7 Å². The molecule has 5 aromatic heterocycles. The Hall–Kier alpha value is -3.72. The molecule has 1 N–H and O–H groups in total. The molecule has 0 bridgehead atoms. The van der Waals surface area contributed by atoms with E-state index in [1.165, 1.54) is 11.3 Å². The van der Waals surface area contributed by atoms with Gasteiger partial charge in [-0.1, -0.05) is 25.2 Å². The zero-order chi connectivity index (χ0) is 21.4. The van der Waals surface area contributed by atoms with Crippen molar-refractivity contribution in [2.24, 2.45) is 7.05 Å². The average molecular weight is 429 g/mol.